The van der Waals surface area contributed by atoms with Gasteiger partial charge in [0, 0.05) is 42.0 Å². The van der Waals surface area contributed by atoms with Gasteiger partial charge in [0.15, 0.2) is 5.11 Å². The molecule has 0 radical (unpaired) electrons. The van der Waals surface area contributed by atoms with E-state index in [9.17, 15) is 9.18 Å². The van der Waals surface area contributed by atoms with Crippen LogP contribution in [0.5, 0.6) is 0 Å². The predicted molar refractivity (Wildman–Crippen MR) is 125 cm³/mol. The average molecular weight is 464 g/mol. The Bertz CT molecular complexity index is 1110. The maximum Gasteiger partial charge on any atom is 0.349 e. The molecule has 5 nitrogen and oxygen atoms in total. The molecule has 1 saturated heterocycles. The summed E-state index contributed by atoms with van der Waals surface area (Å²) in [5, 5.41) is 5.07. The Hall–Kier alpha value is -2.42. The van der Waals surface area contributed by atoms with Crippen LogP contribution in [0.1, 0.15) is 9.67 Å². The molecule has 4 rings (SSSR count). The smallest absolute Gasteiger partial charge is 0.349 e. The quantitative estimate of drug-likeness (QED) is 0.435. The first-order valence-electron chi connectivity index (χ1n) is 9.33. The lowest BCUT2D eigenvalue weighted by Gasteiger charge is -2.37. The number of thiophene rings is 1. The van der Waals surface area contributed by atoms with E-state index in [1.54, 1.807) is 12.1 Å². The highest BCUT2D eigenvalue weighted by Gasteiger charge is 2.22. The van der Waals surface area contributed by atoms with Crippen molar-refractivity contribution >= 4 is 67.7 Å². The van der Waals surface area contributed by atoms with Crippen LogP contribution < -0.4 is 10.2 Å². The number of carbonyl (C=O) groups is 1. The molecule has 0 bridgehead atoms. The van der Waals surface area contributed by atoms with Crippen molar-refractivity contribution in [3.05, 3.63) is 58.2 Å². The van der Waals surface area contributed by atoms with Gasteiger partial charge in [-0.1, -0.05) is 23.7 Å². The zero-order valence-electron chi connectivity index (χ0n) is 16.2. The molecule has 156 valence electrons. The Balaban J connectivity index is 1.42. The lowest BCUT2D eigenvalue weighted by molar-refractivity contribution is 0.0606. The number of rotatable bonds is 3. The summed E-state index contributed by atoms with van der Waals surface area (Å²) in [5.41, 5.74) is 1.44. The third kappa shape index (κ3) is 4.08. The molecule has 0 saturated carbocycles. The third-order valence-electron chi connectivity index (χ3n) is 5.01. The maximum atomic E-state index is 14.0. The molecule has 2 heterocycles. The highest BCUT2D eigenvalue weighted by molar-refractivity contribution is 7.80. The molecule has 0 aliphatic carbocycles. The van der Waals surface area contributed by atoms with Gasteiger partial charge in [-0.2, -0.15) is 0 Å². The van der Waals surface area contributed by atoms with E-state index in [4.69, 9.17) is 28.6 Å². The number of ether oxygens (including phenoxy) is 1. The molecule has 1 N–H and O–H groups in total. The second kappa shape index (κ2) is 8.75. The molecule has 0 spiro atoms. The van der Waals surface area contributed by atoms with Gasteiger partial charge in [-0.15, -0.1) is 11.3 Å². The number of hydrogen-bond acceptors (Lipinski definition) is 5. The molecular weight excluding hydrogens is 445 g/mol. The molecule has 1 aliphatic rings. The van der Waals surface area contributed by atoms with Crippen molar-refractivity contribution in [1.29, 1.82) is 0 Å². The number of nitrogens with one attached hydrogen (secondary N) is 1. The van der Waals surface area contributed by atoms with Gasteiger partial charge < -0.3 is 19.9 Å². The summed E-state index contributed by atoms with van der Waals surface area (Å²) < 4.78 is 19.7. The molecule has 9 heteroatoms. The second-order valence-corrected chi connectivity index (χ2v) is 8.62. The van der Waals surface area contributed by atoms with Crippen molar-refractivity contribution in [2.75, 3.05) is 43.5 Å². The number of methoxy groups -OCH3 is 1. The third-order valence-corrected chi connectivity index (χ3v) is 7.01. The van der Waals surface area contributed by atoms with Crippen LogP contribution in [0.15, 0.2) is 42.5 Å². The van der Waals surface area contributed by atoms with Crippen LogP contribution >= 0.6 is 35.2 Å². The summed E-state index contributed by atoms with van der Waals surface area (Å²) >= 11 is 13.2. The van der Waals surface area contributed by atoms with E-state index in [0.717, 1.165) is 15.8 Å². The van der Waals surface area contributed by atoms with Crippen molar-refractivity contribution < 1.29 is 13.9 Å². The number of hydrogen-bond donors (Lipinski definition) is 1. The molecule has 1 fully saturated rings. The van der Waals surface area contributed by atoms with Gasteiger partial charge in [0.1, 0.15) is 10.7 Å². The molecule has 0 atom stereocenters. The SMILES string of the molecule is COC(=O)c1sc2cc(NC(=S)N3CCN(c4ccccc4F)CC3)ccc2c1Cl. The Labute approximate surface area is 188 Å². The zero-order chi connectivity index (χ0) is 21.3. The fourth-order valence-corrected chi connectivity index (χ4v) is 5.19. The molecule has 2 aromatic carbocycles. The highest BCUT2D eigenvalue weighted by Crippen LogP contribution is 2.37. The van der Waals surface area contributed by atoms with Crippen LogP contribution in [-0.4, -0.2) is 49.3 Å². The number of fused-ring (bicyclic) bond motifs is 1. The topological polar surface area (TPSA) is 44.8 Å². The van der Waals surface area contributed by atoms with Gasteiger partial charge >= 0.3 is 5.97 Å². The Morgan fingerprint density at radius 1 is 1.20 bits per heavy atom. The Kier molecular flexibility index (Phi) is 6.08. The van der Waals surface area contributed by atoms with Gasteiger partial charge in [0.05, 0.1) is 17.8 Å². The monoisotopic (exact) mass is 463 g/mol. The van der Waals surface area contributed by atoms with Crippen molar-refractivity contribution in [3.63, 3.8) is 0 Å². The number of nitrogens with zero attached hydrogens (tertiary/aromatic N) is 2. The predicted octanol–water partition coefficient (Wildman–Crippen LogP) is 5.00. The van der Waals surface area contributed by atoms with Crippen LogP contribution in [0.4, 0.5) is 15.8 Å². The van der Waals surface area contributed by atoms with Gasteiger partial charge in [-0.05, 0) is 42.5 Å². The van der Waals surface area contributed by atoms with Gasteiger partial charge in [-0.3, -0.25) is 0 Å². The molecule has 3 aromatic rings. The summed E-state index contributed by atoms with van der Waals surface area (Å²) in [5.74, 6) is -0.653. The van der Waals surface area contributed by atoms with Crippen LogP contribution in [0.2, 0.25) is 5.02 Å². The van der Waals surface area contributed by atoms with E-state index >= 15 is 0 Å². The van der Waals surface area contributed by atoms with Gasteiger partial charge in [0.2, 0.25) is 0 Å². The number of thiocarbonyl (C=S) groups is 1. The molecule has 1 aliphatic heterocycles. The van der Waals surface area contributed by atoms with Gasteiger partial charge in [0.25, 0.3) is 0 Å². The standard InChI is InChI=1S/C21H19ClFN3O2S2/c1-28-20(27)19-18(22)14-7-6-13(12-17(14)30-19)24-21(29)26-10-8-25(9-11-26)16-5-3-2-4-15(16)23/h2-7,12H,8-11H2,1H3,(H,24,29). The van der Waals surface area contributed by atoms with E-state index < -0.39 is 5.97 Å². The molecule has 0 unspecified atom stereocenters. The van der Waals surface area contributed by atoms with Crippen LogP contribution in [-0.2, 0) is 4.74 Å². The number of esters is 1. The van der Waals surface area contributed by atoms with E-state index in [-0.39, 0.29) is 5.82 Å². The van der Waals surface area contributed by atoms with Crippen LogP contribution in [0.3, 0.4) is 0 Å². The van der Waals surface area contributed by atoms with Crippen molar-refractivity contribution in [1.82, 2.24) is 4.90 Å². The number of para-hydroxylation sites is 1. The maximum absolute atomic E-state index is 14.0. The lowest BCUT2D eigenvalue weighted by Crippen LogP contribution is -2.50. The molecule has 30 heavy (non-hydrogen) atoms. The summed E-state index contributed by atoms with van der Waals surface area (Å²) in [6.07, 6.45) is 0. The van der Waals surface area contributed by atoms with E-state index in [1.807, 2.05) is 29.2 Å². The van der Waals surface area contributed by atoms with Crippen LogP contribution in [0.25, 0.3) is 10.1 Å². The zero-order valence-corrected chi connectivity index (χ0v) is 18.5. The summed E-state index contributed by atoms with van der Waals surface area (Å²) in [7, 11) is 1.33. The minimum Gasteiger partial charge on any atom is -0.465 e. The summed E-state index contributed by atoms with van der Waals surface area (Å²) in [4.78, 5) is 16.3. The fraction of sp³-hybridized carbons (Fsp3) is 0.238. The van der Waals surface area contributed by atoms with E-state index in [0.29, 0.717) is 46.9 Å². The Morgan fingerprint density at radius 3 is 2.63 bits per heavy atom. The average Bonchev–Trinajstić information content (AvgIpc) is 3.09. The largest absolute Gasteiger partial charge is 0.465 e. The number of halogens is 2. The molecule has 1 aromatic heterocycles. The number of carbonyl (C=O) groups excluding carboxylic acids is 1. The first-order chi connectivity index (χ1) is 14.5. The van der Waals surface area contributed by atoms with Crippen molar-refractivity contribution in [2.24, 2.45) is 0 Å². The van der Waals surface area contributed by atoms with Crippen LogP contribution in [0, 0.1) is 5.82 Å². The fourth-order valence-electron chi connectivity index (χ4n) is 3.43. The summed E-state index contributed by atoms with van der Waals surface area (Å²) in [6, 6.07) is 12.5. The van der Waals surface area contributed by atoms with Crippen molar-refractivity contribution in [3.8, 4) is 0 Å². The minimum atomic E-state index is -0.445. The van der Waals surface area contributed by atoms with E-state index in [1.165, 1.54) is 24.5 Å². The molecule has 0 amide bonds. The first kappa shape index (κ1) is 20.8. The summed E-state index contributed by atoms with van der Waals surface area (Å²) in [6.45, 7) is 2.76. The normalized spacial score (nSPS) is 14.1. The highest BCUT2D eigenvalue weighted by atomic mass is 35.5. The number of benzene rings is 2. The molecular formula is C21H19ClFN3O2S2. The number of anilines is 2. The number of piperazine rings is 1. The second-order valence-electron chi connectivity index (χ2n) is 6.80. The lowest BCUT2D eigenvalue weighted by atomic mass is 10.2. The van der Waals surface area contributed by atoms with E-state index in [2.05, 4.69) is 10.2 Å². The minimum absolute atomic E-state index is 0.208. The Morgan fingerprint density at radius 2 is 1.93 bits per heavy atom. The first-order valence-corrected chi connectivity index (χ1v) is 10.9. The van der Waals surface area contributed by atoms with Crippen molar-refractivity contribution in [2.45, 2.75) is 0 Å². The van der Waals surface area contributed by atoms with Gasteiger partial charge in [-0.25, -0.2) is 9.18 Å².